The maximum absolute atomic E-state index is 12.0. The third-order valence-corrected chi connectivity index (χ3v) is 6.60. The van der Waals surface area contributed by atoms with Gasteiger partial charge in [-0.05, 0) is 140 Å². The summed E-state index contributed by atoms with van der Waals surface area (Å²) in [7, 11) is 0. The number of nitrogens with one attached hydrogen (secondary N) is 2. The molecule has 26 heavy (non-hydrogen) atoms. The van der Waals surface area contributed by atoms with Crippen molar-refractivity contribution in [2.24, 2.45) is 0 Å². The average molecular weight is 800 g/mol. The van der Waals surface area contributed by atoms with Crippen molar-refractivity contribution in [3.8, 4) is 0 Å². The van der Waals surface area contributed by atoms with Crippen LogP contribution in [0.2, 0.25) is 0 Å². The van der Waals surface area contributed by atoms with Gasteiger partial charge in [-0.3, -0.25) is 9.59 Å². The lowest BCUT2D eigenvalue weighted by Gasteiger charge is -2.09. The number of anilines is 2. The van der Waals surface area contributed by atoms with Gasteiger partial charge in [-0.1, -0.05) is 0 Å². The van der Waals surface area contributed by atoms with E-state index in [4.69, 9.17) is 0 Å². The molecule has 0 saturated carbocycles. The third-order valence-electron chi connectivity index (χ3n) is 3.47. The molecule has 0 fully saturated rings. The molecule has 0 aromatic heterocycles. The first-order chi connectivity index (χ1) is 12.3. The van der Waals surface area contributed by atoms with Crippen LogP contribution in [0.3, 0.4) is 0 Å². The molecule has 2 N–H and O–H groups in total. The van der Waals surface area contributed by atoms with E-state index in [0.717, 1.165) is 25.7 Å². The van der Waals surface area contributed by atoms with Gasteiger partial charge in [0.25, 0.3) is 0 Å². The van der Waals surface area contributed by atoms with E-state index in [-0.39, 0.29) is 11.8 Å². The molecule has 0 radical (unpaired) electrons. The summed E-state index contributed by atoms with van der Waals surface area (Å²) in [6.07, 6.45) is 2.20. The van der Waals surface area contributed by atoms with Gasteiger partial charge >= 0.3 is 0 Å². The van der Waals surface area contributed by atoms with Gasteiger partial charge < -0.3 is 10.6 Å². The second-order valence-electron chi connectivity index (χ2n) is 5.55. The van der Waals surface area contributed by atoms with Crippen LogP contribution in [0.25, 0.3) is 0 Å². The van der Waals surface area contributed by atoms with Crippen LogP contribution in [0.15, 0.2) is 36.4 Å². The van der Waals surface area contributed by atoms with Crippen LogP contribution in [-0.2, 0) is 9.59 Å². The van der Waals surface area contributed by atoms with Crippen molar-refractivity contribution in [1.82, 2.24) is 0 Å². The first-order valence-corrected chi connectivity index (χ1v) is 12.2. The number of amides is 2. The highest BCUT2D eigenvalue weighted by molar-refractivity contribution is 14.1. The summed E-state index contributed by atoms with van der Waals surface area (Å²) >= 11 is 8.92. The van der Waals surface area contributed by atoms with Crippen LogP contribution in [-0.4, -0.2) is 11.8 Å². The van der Waals surface area contributed by atoms with Crippen LogP contribution < -0.4 is 10.6 Å². The van der Waals surface area contributed by atoms with Crippen molar-refractivity contribution in [1.29, 1.82) is 0 Å². The second kappa shape index (κ2) is 11.3. The molecule has 138 valence electrons. The Morgan fingerprint density at radius 2 is 1.08 bits per heavy atom. The molecule has 0 heterocycles. The van der Waals surface area contributed by atoms with E-state index < -0.39 is 0 Å². The van der Waals surface area contributed by atoms with Crippen molar-refractivity contribution in [2.75, 3.05) is 10.6 Å². The largest absolute Gasteiger partial charge is 0.325 e. The molecular weight excluding hydrogens is 784 g/mol. The lowest BCUT2D eigenvalue weighted by Crippen LogP contribution is -2.14. The Bertz CT molecular complexity index is 744. The van der Waals surface area contributed by atoms with E-state index >= 15 is 0 Å². The first kappa shape index (κ1) is 22.6. The molecule has 0 aliphatic heterocycles. The highest BCUT2D eigenvalue weighted by Crippen LogP contribution is 2.22. The van der Waals surface area contributed by atoms with Gasteiger partial charge in [0.15, 0.2) is 0 Å². The predicted molar refractivity (Wildman–Crippen MR) is 139 cm³/mol. The number of benzene rings is 2. The summed E-state index contributed by atoms with van der Waals surface area (Å²) in [5.74, 6) is -0.0339. The van der Waals surface area contributed by atoms with Crippen LogP contribution in [0.5, 0.6) is 0 Å². The molecular formula is C18H16I4N2O2. The lowest BCUT2D eigenvalue weighted by atomic mass is 10.1. The van der Waals surface area contributed by atoms with Crippen molar-refractivity contribution < 1.29 is 9.59 Å². The van der Waals surface area contributed by atoms with Crippen LogP contribution in [0.1, 0.15) is 25.7 Å². The quantitative estimate of drug-likeness (QED) is 0.258. The average Bonchev–Trinajstić information content (AvgIpc) is 2.57. The normalized spacial score (nSPS) is 10.5. The monoisotopic (exact) mass is 800 g/mol. The molecule has 0 unspecified atom stereocenters. The van der Waals surface area contributed by atoms with E-state index in [2.05, 4.69) is 101 Å². The summed E-state index contributed by atoms with van der Waals surface area (Å²) in [5, 5.41) is 5.85. The van der Waals surface area contributed by atoms with Crippen molar-refractivity contribution >= 4 is 114 Å². The number of hydrogen-bond acceptors (Lipinski definition) is 2. The van der Waals surface area contributed by atoms with Gasteiger partial charge in [0.2, 0.25) is 11.8 Å². The highest BCUT2D eigenvalue weighted by Gasteiger charge is 2.08. The Morgan fingerprint density at radius 1 is 0.692 bits per heavy atom. The molecule has 0 aliphatic rings. The molecule has 2 aromatic rings. The zero-order valence-electron chi connectivity index (χ0n) is 13.6. The fraction of sp³-hybridized carbons (Fsp3) is 0.222. The van der Waals surface area contributed by atoms with Gasteiger partial charge in [0.1, 0.15) is 0 Å². The van der Waals surface area contributed by atoms with Crippen molar-refractivity contribution in [2.45, 2.75) is 25.7 Å². The zero-order chi connectivity index (χ0) is 19.1. The second-order valence-corrected chi connectivity index (χ2v) is 10.4. The van der Waals surface area contributed by atoms with Gasteiger partial charge in [0.05, 0.1) is 11.4 Å². The molecule has 2 aromatic carbocycles. The van der Waals surface area contributed by atoms with Crippen LogP contribution in [0, 0.1) is 14.3 Å². The molecule has 8 heteroatoms. The third kappa shape index (κ3) is 7.73. The summed E-state index contributed by atoms with van der Waals surface area (Å²) in [6.45, 7) is 0. The van der Waals surface area contributed by atoms with Crippen LogP contribution >= 0.6 is 90.4 Å². The van der Waals surface area contributed by atoms with Crippen LogP contribution in [0.4, 0.5) is 11.4 Å². The van der Waals surface area contributed by atoms with E-state index in [1.54, 1.807) is 0 Å². The first-order valence-electron chi connectivity index (χ1n) is 7.85. The molecule has 0 atom stereocenters. The number of halogens is 4. The molecule has 0 aliphatic carbocycles. The molecule has 2 rings (SSSR count). The molecule has 0 saturated heterocycles. The minimum Gasteiger partial charge on any atom is -0.325 e. The van der Waals surface area contributed by atoms with Crippen molar-refractivity contribution in [3.63, 3.8) is 0 Å². The smallest absolute Gasteiger partial charge is 0.224 e. The number of unbranched alkanes of at least 4 members (excludes halogenated alkanes) is 1. The Hall–Kier alpha value is 0.300. The Morgan fingerprint density at radius 3 is 1.42 bits per heavy atom. The molecule has 0 bridgehead atoms. The van der Waals surface area contributed by atoms with E-state index in [1.165, 1.54) is 0 Å². The lowest BCUT2D eigenvalue weighted by molar-refractivity contribution is -0.118. The van der Waals surface area contributed by atoms with Gasteiger partial charge in [0, 0.05) is 27.1 Å². The Kier molecular flexibility index (Phi) is 9.85. The van der Waals surface area contributed by atoms with Gasteiger partial charge in [-0.25, -0.2) is 0 Å². The van der Waals surface area contributed by atoms with E-state index in [1.807, 2.05) is 36.4 Å². The summed E-state index contributed by atoms with van der Waals surface area (Å²) in [5.41, 5.74) is 1.67. The maximum atomic E-state index is 12.0. The minimum atomic E-state index is -0.0169. The number of hydrogen-bond donors (Lipinski definition) is 2. The minimum absolute atomic E-state index is 0.0169. The summed E-state index contributed by atoms with van der Waals surface area (Å²) < 4.78 is 4.32. The fourth-order valence-corrected chi connectivity index (χ4v) is 5.65. The number of rotatable bonds is 7. The van der Waals surface area contributed by atoms with Gasteiger partial charge in [-0.15, -0.1) is 0 Å². The SMILES string of the molecule is O=C(CCCCC(=O)Nc1ccc(I)cc1I)Nc1ccc(I)cc1I. The predicted octanol–water partition coefficient (Wildman–Crippen LogP) is 6.24. The summed E-state index contributed by atoms with van der Waals surface area (Å²) in [6, 6.07) is 11.8. The standard InChI is InChI=1S/C18H16I4N2O2/c19-11-5-7-15(13(21)9-11)23-17(25)3-1-2-4-18(26)24-16-8-6-12(20)10-14(16)22/h5-10H,1-4H2,(H,23,25)(H,24,26). The fourth-order valence-electron chi connectivity index (χ4n) is 2.18. The van der Waals surface area contributed by atoms with E-state index in [0.29, 0.717) is 25.7 Å². The molecule has 0 spiro atoms. The zero-order valence-corrected chi connectivity index (χ0v) is 22.3. The van der Waals surface area contributed by atoms with Crippen molar-refractivity contribution in [3.05, 3.63) is 50.7 Å². The number of carbonyl (C=O) groups is 2. The maximum Gasteiger partial charge on any atom is 0.224 e. The summed E-state index contributed by atoms with van der Waals surface area (Å²) in [4.78, 5) is 24.1. The highest BCUT2D eigenvalue weighted by atomic mass is 127. The molecule has 2 amide bonds. The van der Waals surface area contributed by atoms with E-state index in [9.17, 15) is 9.59 Å². The topological polar surface area (TPSA) is 58.2 Å². The Balaban J connectivity index is 1.70. The Labute approximate surface area is 207 Å². The molecule has 4 nitrogen and oxygen atoms in total. The number of carbonyl (C=O) groups excluding carboxylic acids is 2. The van der Waals surface area contributed by atoms with Gasteiger partial charge in [-0.2, -0.15) is 0 Å².